The Hall–Kier alpha value is 0.600. The van der Waals surface area contributed by atoms with E-state index in [0.29, 0.717) is 33.4 Å². The van der Waals surface area contributed by atoms with E-state index in [1.54, 1.807) is 0 Å². The Morgan fingerprint density at radius 2 is 1.83 bits per heavy atom. The summed E-state index contributed by atoms with van der Waals surface area (Å²) in [5.74, 6) is 0. The number of halogens is 4. The molecule has 1 aromatic rings. The van der Waals surface area contributed by atoms with E-state index in [-0.39, 0.29) is 9.65 Å². The standard InChI is InChI=1S/C10H11Br4N2O2/c11-3-7-8(4-12)16(18)10-6(14)2-1-5(13)9(10)15(7)17/h5-6,17H,1-4H2/q+1/t5-,6-/m0/s1. The maximum Gasteiger partial charge on any atom is 0.277 e. The van der Waals surface area contributed by atoms with Crippen molar-refractivity contribution in [2.45, 2.75) is 33.2 Å². The fourth-order valence-corrected chi connectivity index (χ4v) is 4.65. The minimum atomic E-state index is -0.0284. The molecule has 18 heavy (non-hydrogen) atoms. The molecule has 1 aliphatic rings. The quantitative estimate of drug-likeness (QED) is 0.370. The summed E-state index contributed by atoms with van der Waals surface area (Å²) in [5, 5.41) is 11.1. The highest BCUT2D eigenvalue weighted by atomic mass is 79.9. The minimum absolute atomic E-state index is 0.00586. The maximum atomic E-state index is 12.4. The van der Waals surface area contributed by atoms with Crippen molar-refractivity contribution in [2.75, 3.05) is 0 Å². The Balaban J connectivity index is 2.83. The lowest BCUT2D eigenvalue weighted by atomic mass is 9.99. The topological polar surface area (TPSA) is 48.1 Å². The largest absolute Gasteiger partial charge is 0.428 e. The van der Waals surface area contributed by atoms with E-state index in [4.69, 9.17) is 0 Å². The first kappa shape index (κ1) is 15.0. The second-order valence-corrected chi connectivity index (χ2v) is 7.38. The van der Waals surface area contributed by atoms with Gasteiger partial charge in [-0.05, 0) is 12.8 Å². The Kier molecular flexibility index (Phi) is 4.94. The first-order chi connectivity index (χ1) is 8.52. The molecule has 0 radical (unpaired) electrons. The van der Waals surface area contributed by atoms with Gasteiger partial charge in [0.25, 0.3) is 11.4 Å². The summed E-state index contributed by atoms with van der Waals surface area (Å²) in [7, 11) is 0. The highest BCUT2D eigenvalue weighted by molar-refractivity contribution is 9.09. The Morgan fingerprint density at radius 1 is 1.22 bits per heavy atom. The van der Waals surface area contributed by atoms with Gasteiger partial charge in [-0.2, -0.15) is 4.73 Å². The fraction of sp³-hybridized carbons (Fsp3) is 0.600. The van der Waals surface area contributed by atoms with Crippen LogP contribution in [0.15, 0.2) is 0 Å². The average Bonchev–Trinajstić information content (AvgIpc) is 2.35. The van der Waals surface area contributed by atoms with E-state index in [1.165, 1.54) is 0 Å². The first-order valence-corrected chi connectivity index (χ1v) is 9.42. The molecule has 2 atom stereocenters. The Labute approximate surface area is 138 Å². The molecule has 4 nitrogen and oxygen atoms in total. The third-order valence-corrected chi connectivity index (χ3v) is 5.91. The molecule has 1 heterocycles. The van der Waals surface area contributed by atoms with Crippen LogP contribution in [0.25, 0.3) is 0 Å². The van der Waals surface area contributed by atoms with Crippen LogP contribution in [0.4, 0.5) is 0 Å². The fourth-order valence-electron chi connectivity index (χ4n) is 2.15. The van der Waals surface area contributed by atoms with Crippen molar-refractivity contribution >= 4 is 63.7 Å². The van der Waals surface area contributed by atoms with Gasteiger partial charge in [-0.15, -0.1) is 0 Å². The number of rotatable bonds is 2. The van der Waals surface area contributed by atoms with Crippen LogP contribution in [0.3, 0.4) is 0 Å². The van der Waals surface area contributed by atoms with Gasteiger partial charge in [-0.3, -0.25) is 0 Å². The van der Waals surface area contributed by atoms with Gasteiger partial charge in [0.05, 0.1) is 19.9 Å². The third kappa shape index (κ3) is 2.33. The van der Waals surface area contributed by atoms with Gasteiger partial charge in [0, 0.05) is 4.91 Å². The summed E-state index contributed by atoms with van der Waals surface area (Å²) in [5.41, 5.74) is 2.33. The molecule has 1 N–H and O–H groups in total. The van der Waals surface area contributed by atoms with Gasteiger partial charge in [0.15, 0.2) is 0 Å². The summed E-state index contributed by atoms with van der Waals surface area (Å²) in [6.45, 7) is 0. The number of aromatic nitrogens is 2. The number of alkyl halides is 4. The van der Waals surface area contributed by atoms with Crippen molar-refractivity contribution in [3.63, 3.8) is 0 Å². The molecule has 0 fully saturated rings. The van der Waals surface area contributed by atoms with Crippen LogP contribution in [-0.2, 0) is 10.7 Å². The van der Waals surface area contributed by atoms with E-state index in [0.717, 1.165) is 22.0 Å². The molecule has 0 amide bonds. The van der Waals surface area contributed by atoms with E-state index in [1.807, 2.05) is 0 Å². The number of nitrogens with zero attached hydrogens (tertiary/aromatic N) is 2. The van der Waals surface area contributed by atoms with Gasteiger partial charge in [-0.25, -0.2) is 0 Å². The van der Waals surface area contributed by atoms with Crippen LogP contribution < -0.4 is 4.43 Å². The molecular weight excluding hydrogens is 500 g/mol. The monoisotopic (exact) mass is 507 g/mol. The van der Waals surface area contributed by atoms with Gasteiger partial charge in [-0.1, -0.05) is 63.7 Å². The second-order valence-electron chi connectivity index (χ2n) is 4.05. The highest BCUT2D eigenvalue weighted by Crippen LogP contribution is 2.43. The van der Waals surface area contributed by atoms with Crippen LogP contribution in [0.1, 0.15) is 45.3 Å². The predicted molar refractivity (Wildman–Crippen MR) is 82.8 cm³/mol. The van der Waals surface area contributed by atoms with Crippen molar-refractivity contribution in [1.82, 2.24) is 4.73 Å². The van der Waals surface area contributed by atoms with Crippen LogP contribution in [0.5, 0.6) is 0 Å². The predicted octanol–water partition coefficient (Wildman–Crippen LogP) is 4.10. The van der Waals surface area contributed by atoms with Crippen molar-refractivity contribution in [1.29, 1.82) is 0 Å². The molecular formula is C10H11Br4N2O2+. The van der Waals surface area contributed by atoms with Gasteiger partial charge in [0.2, 0.25) is 0 Å². The molecule has 1 aliphatic carbocycles. The van der Waals surface area contributed by atoms with E-state index in [9.17, 15) is 10.1 Å². The molecule has 0 unspecified atom stereocenters. The SMILES string of the molecule is O=[n+]1c(CBr)c(CBr)n(O)c2c1[C@@H](Br)CC[C@@H]2Br. The van der Waals surface area contributed by atoms with Crippen LogP contribution in [0, 0.1) is 4.91 Å². The molecule has 0 bridgehead atoms. The maximum absolute atomic E-state index is 12.4. The van der Waals surface area contributed by atoms with E-state index < -0.39 is 0 Å². The molecule has 0 aliphatic heterocycles. The molecule has 0 aromatic carbocycles. The molecule has 100 valence electrons. The van der Waals surface area contributed by atoms with Gasteiger partial charge < -0.3 is 5.21 Å². The molecule has 0 saturated carbocycles. The van der Waals surface area contributed by atoms with Gasteiger partial charge >= 0.3 is 0 Å². The first-order valence-electron chi connectivity index (χ1n) is 5.35. The smallest absolute Gasteiger partial charge is 0.277 e. The second kappa shape index (κ2) is 5.93. The van der Waals surface area contributed by atoms with Crippen LogP contribution in [-0.4, -0.2) is 9.94 Å². The normalized spacial score (nSPS) is 22.9. The van der Waals surface area contributed by atoms with Gasteiger partial charge in [0.1, 0.15) is 16.2 Å². The molecule has 1 aromatic heterocycles. The van der Waals surface area contributed by atoms with Crippen LogP contribution >= 0.6 is 63.7 Å². The molecule has 2 rings (SSSR count). The minimum Gasteiger partial charge on any atom is -0.428 e. The summed E-state index contributed by atoms with van der Waals surface area (Å²) in [6.07, 6.45) is 1.74. The van der Waals surface area contributed by atoms with Crippen molar-refractivity contribution < 1.29 is 9.63 Å². The lowest BCUT2D eigenvalue weighted by Crippen LogP contribution is -2.36. The summed E-state index contributed by atoms with van der Waals surface area (Å²) < 4.78 is 2.07. The van der Waals surface area contributed by atoms with Crippen molar-refractivity contribution in [2.24, 2.45) is 0 Å². The number of hydrogen-bond donors (Lipinski definition) is 1. The van der Waals surface area contributed by atoms with Crippen molar-refractivity contribution in [3.05, 3.63) is 27.7 Å². The number of fused-ring (bicyclic) bond motifs is 1. The molecule has 0 saturated heterocycles. The average molecular weight is 511 g/mol. The summed E-state index contributed by atoms with van der Waals surface area (Å²) in [4.78, 5) is 12.4. The summed E-state index contributed by atoms with van der Waals surface area (Å²) >= 11 is 13.7. The zero-order valence-electron chi connectivity index (χ0n) is 9.24. The lowest BCUT2D eigenvalue weighted by Gasteiger charge is -2.22. The Morgan fingerprint density at radius 3 is 2.39 bits per heavy atom. The third-order valence-electron chi connectivity index (χ3n) is 3.06. The zero-order chi connectivity index (χ0) is 13.4. The molecule has 0 spiro atoms. The summed E-state index contributed by atoms with van der Waals surface area (Å²) in [6, 6.07) is 0. The molecule has 8 heteroatoms. The highest BCUT2D eigenvalue weighted by Gasteiger charge is 2.39. The van der Waals surface area contributed by atoms with E-state index >= 15 is 0 Å². The number of hydrogen-bond acceptors (Lipinski definition) is 2. The lowest BCUT2D eigenvalue weighted by molar-refractivity contribution is -0.516. The van der Waals surface area contributed by atoms with E-state index in [2.05, 4.69) is 63.7 Å². The Bertz CT molecular complexity index is 532. The zero-order valence-corrected chi connectivity index (χ0v) is 15.6. The van der Waals surface area contributed by atoms with Crippen molar-refractivity contribution in [3.8, 4) is 0 Å². The van der Waals surface area contributed by atoms with Crippen LogP contribution in [0.2, 0.25) is 0 Å².